The Balaban J connectivity index is 1.54. The molecule has 3 rings (SSSR count). The van der Waals surface area contributed by atoms with Gasteiger partial charge in [-0.05, 0) is 31.0 Å². The van der Waals surface area contributed by atoms with E-state index >= 15 is 0 Å². The number of anilines is 1. The minimum atomic E-state index is -4.79. The first-order chi connectivity index (χ1) is 12.8. The monoisotopic (exact) mass is 382 g/mol. The molecule has 0 radical (unpaired) electrons. The fourth-order valence-electron chi connectivity index (χ4n) is 2.93. The summed E-state index contributed by atoms with van der Waals surface area (Å²) in [6.07, 6.45) is -1.07. The minimum absolute atomic E-state index is 0.153. The van der Waals surface area contributed by atoms with Crippen LogP contribution in [0.5, 0.6) is 5.75 Å². The van der Waals surface area contributed by atoms with Gasteiger partial charge in [-0.1, -0.05) is 6.07 Å². The number of furan rings is 1. The summed E-state index contributed by atoms with van der Waals surface area (Å²) < 4.78 is 45.6. The largest absolute Gasteiger partial charge is 0.573 e. The number of alkyl halides is 3. The Morgan fingerprint density at radius 1 is 1.19 bits per heavy atom. The van der Waals surface area contributed by atoms with Crippen LogP contribution in [-0.2, 0) is 4.79 Å². The number of nitrogens with zero attached hydrogens (tertiary/aromatic N) is 1. The predicted molar refractivity (Wildman–Crippen MR) is 89.1 cm³/mol. The van der Waals surface area contributed by atoms with Crippen molar-refractivity contribution in [2.45, 2.75) is 19.2 Å². The highest BCUT2D eigenvalue weighted by atomic mass is 19.4. The number of carbonyl (C=O) groups is 2. The van der Waals surface area contributed by atoms with Gasteiger partial charge in [-0.3, -0.25) is 9.59 Å². The lowest BCUT2D eigenvalue weighted by atomic mass is 9.95. The second kappa shape index (κ2) is 7.73. The fraction of sp³-hybridized carbons (Fsp3) is 0.333. The van der Waals surface area contributed by atoms with Crippen molar-refractivity contribution < 1.29 is 31.9 Å². The minimum Gasteiger partial charge on any atom is -0.472 e. The lowest BCUT2D eigenvalue weighted by Crippen LogP contribution is -2.41. The molecular formula is C18H17F3N2O4. The Morgan fingerprint density at radius 2 is 1.93 bits per heavy atom. The van der Waals surface area contributed by atoms with Crippen molar-refractivity contribution in [1.29, 1.82) is 0 Å². The molecule has 27 heavy (non-hydrogen) atoms. The van der Waals surface area contributed by atoms with Gasteiger partial charge in [-0.15, -0.1) is 13.2 Å². The highest BCUT2D eigenvalue weighted by Crippen LogP contribution is 2.26. The van der Waals surface area contributed by atoms with E-state index in [4.69, 9.17) is 4.42 Å². The fourth-order valence-corrected chi connectivity index (χ4v) is 2.93. The third-order valence-corrected chi connectivity index (χ3v) is 4.26. The molecule has 1 aromatic carbocycles. The van der Waals surface area contributed by atoms with Crippen LogP contribution >= 0.6 is 0 Å². The Morgan fingerprint density at radius 3 is 2.56 bits per heavy atom. The molecule has 0 spiro atoms. The Labute approximate surface area is 152 Å². The van der Waals surface area contributed by atoms with Gasteiger partial charge >= 0.3 is 6.36 Å². The molecule has 1 fully saturated rings. The van der Waals surface area contributed by atoms with E-state index in [2.05, 4.69) is 10.1 Å². The van der Waals surface area contributed by atoms with Crippen molar-refractivity contribution >= 4 is 17.5 Å². The van der Waals surface area contributed by atoms with Gasteiger partial charge in [-0.2, -0.15) is 0 Å². The van der Waals surface area contributed by atoms with E-state index in [0.29, 0.717) is 31.5 Å². The van der Waals surface area contributed by atoms with Crippen LogP contribution in [0.4, 0.5) is 18.9 Å². The van der Waals surface area contributed by atoms with Gasteiger partial charge in [0.2, 0.25) is 5.91 Å². The number of rotatable bonds is 4. The molecule has 0 aliphatic carbocycles. The summed E-state index contributed by atoms with van der Waals surface area (Å²) in [5.74, 6) is -1.18. The number of nitrogens with one attached hydrogen (secondary N) is 1. The highest BCUT2D eigenvalue weighted by Gasteiger charge is 2.31. The predicted octanol–water partition coefficient (Wildman–Crippen LogP) is 3.67. The first-order valence-electron chi connectivity index (χ1n) is 8.30. The number of likely N-dealkylation sites (tertiary alicyclic amines) is 1. The molecule has 0 saturated carbocycles. The first-order valence-corrected chi connectivity index (χ1v) is 8.30. The molecule has 2 aromatic rings. The van der Waals surface area contributed by atoms with Crippen molar-refractivity contribution in [2.24, 2.45) is 5.92 Å². The van der Waals surface area contributed by atoms with Crippen LogP contribution in [0.1, 0.15) is 23.2 Å². The van der Waals surface area contributed by atoms with Crippen LogP contribution in [0, 0.1) is 5.92 Å². The number of hydrogen-bond donors (Lipinski definition) is 1. The molecule has 0 bridgehead atoms. The van der Waals surface area contributed by atoms with Crippen LogP contribution in [0.2, 0.25) is 0 Å². The molecule has 1 N–H and O–H groups in total. The number of carbonyl (C=O) groups excluding carboxylic acids is 2. The Hall–Kier alpha value is -2.97. The zero-order valence-corrected chi connectivity index (χ0v) is 14.2. The molecule has 2 amide bonds. The lowest BCUT2D eigenvalue weighted by Gasteiger charge is -2.31. The Bertz CT molecular complexity index is 797. The maximum Gasteiger partial charge on any atom is 0.573 e. The van der Waals surface area contributed by atoms with E-state index in [1.165, 1.54) is 24.7 Å². The van der Waals surface area contributed by atoms with E-state index in [-0.39, 0.29) is 23.4 Å². The molecule has 0 atom stereocenters. The van der Waals surface area contributed by atoms with Gasteiger partial charge in [-0.25, -0.2) is 0 Å². The van der Waals surface area contributed by atoms with Crippen LogP contribution in [-0.4, -0.2) is 36.2 Å². The summed E-state index contributed by atoms with van der Waals surface area (Å²) in [6.45, 7) is 0.832. The average molecular weight is 382 g/mol. The second-order valence-electron chi connectivity index (χ2n) is 6.14. The number of benzene rings is 1. The molecule has 0 unspecified atom stereocenters. The summed E-state index contributed by atoms with van der Waals surface area (Å²) in [7, 11) is 0. The number of halogens is 3. The van der Waals surface area contributed by atoms with Gasteiger partial charge < -0.3 is 19.4 Å². The summed E-state index contributed by atoms with van der Waals surface area (Å²) in [6, 6.07) is 6.70. The molecule has 2 heterocycles. The van der Waals surface area contributed by atoms with Crippen LogP contribution in [0.25, 0.3) is 0 Å². The van der Waals surface area contributed by atoms with Crippen LogP contribution in [0.3, 0.4) is 0 Å². The normalized spacial score (nSPS) is 15.4. The maximum absolute atomic E-state index is 12.4. The van der Waals surface area contributed by atoms with Gasteiger partial charge in [0.1, 0.15) is 12.0 Å². The third kappa shape index (κ3) is 5.02. The standard InChI is InChI=1S/C18H17F3N2O4/c19-18(20,21)27-15-3-1-2-14(10-15)22-16(24)12-4-7-23(8-5-12)17(25)13-6-9-26-11-13/h1-3,6,9-12H,4-5,7-8H2,(H,22,24). The van der Waals surface area contributed by atoms with Crippen LogP contribution in [0.15, 0.2) is 47.3 Å². The molecule has 1 aliphatic rings. The second-order valence-corrected chi connectivity index (χ2v) is 6.14. The van der Waals surface area contributed by atoms with E-state index in [1.54, 1.807) is 11.0 Å². The summed E-state index contributed by atoms with van der Waals surface area (Å²) in [5, 5.41) is 2.60. The maximum atomic E-state index is 12.4. The molecule has 6 nitrogen and oxygen atoms in total. The van der Waals surface area contributed by atoms with Crippen molar-refractivity contribution in [3.8, 4) is 5.75 Å². The summed E-state index contributed by atoms with van der Waals surface area (Å²) in [4.78, 5) is 26.3. The molecule has 9 heteroatoms. The average Bonchev–Trinajstić information content (AvgIpc) is 3.14. The Kier molecular flexibility index (Phi) is 5.38. The van der Waals surface area contributed by atoms with Gasteiger partial charge in [0, 0.05) is 30.8 Å². The molecule has 144 valence electrons. The number of hydrogen-bond acceptors (Lipinski definition) is 4. The van der Waals surface area contributed by atoms with Gasteiger partial charge in [0.15, 0.2) is 0 Å². The van der Waals surface area contributed by atoms with Crippen LogP contribution < -0.4 is 10.1 Å². The number of amides is 2. The SMILES string of the molecule is O=C(Nc1cccc(OC(F)(F)F)c1)C1CCN(C(=O)c2ccoc2)CC1. The molecule has 1 aliphatic heterocycles. The summed E-state index contributed by atoms with van der Waals surface area (Å²) in [5.41, 5.74) is 0.679. The molecular weight excluding hydrogens is 365 g/mol. The highest BCUT2D eigenvalue weighted by molar-refractivity contribution is 5.95. The topological polar surface area (TPSA) is 71.8 Å². The van der Waals surface area contributed by atoms with Crippen molar-refractivity contribution in [3.05, 3.63) is 48.4 Å². The van der Waals surface area contributed by atoms with Crippen molar-refractivity contribution in [2.75, 3.05) is 18.4 Å². The first kappa shape index (κ1) is 18.8. The summed E-state index contributed by atoms with van der Waals surface area (Å²) >= 11 is 0. The zero-order chi connectivity index (χ0) is 19.4. The third-order valence-electron chi connectivity index (χ3n) is 4.26. The lowest BCUT2D eigenvalue weighted by molar-refractivity contribution is -0.274. The quantitative estimate of drug-likeness (QED) is 0.876. The van der Waals surface area contributed by atoms with E-state index in [1.807, 2.05) is 0 Å². The van der Waals surface area contributed by atoms with E-state index in [9.17, 15) is 22.8 Å². The molecule has 1 aromatic heterocycles. The zero-order valence-electron chi connectivity index (χ0n) is 14.2. The van der Waals surface area contributed by atoms with Gasteiger partial charge in [0.25, 0.3) is 5.91 Å². The van der Waals surface area contributed by atoms with E-state index in [0.717, 1.165) is 12.1 Å². The van der Waals surface area contributed by atoms with E-state index < -0.39 is 12.1 Å². The van der Waals surface area contributed by atoms with Crippen molar-refractivity contribution in [3.63, 3.8) is 0 Å². The van der Waals surface area contributed by atoms with Crippen molar-refractivity contribution in [1.82, 2.24) is 4.90 Å². The van der Waals surface area contributed by atoms with Gasteiger partial charge in [0.05, 0.1) is 11.8 Å². The number of ether oxygens (including phenoxy) is 1. The number of piperidine rings is 1. The smallest absolute Gasteiger partial charge is 0.472 e. The molecule has 1 saturated heterocycles.